The Morgan fingerprint density at radius 2 is 2.05 bits per heavy atom. The molecule has 4 heteroatoms. The van der Waals surface area contributed by atoms with E-state index in [1.54, 1.807) is 6.33 Å². The molecule has 1 saturated heterocycles. The molecule has 2 heterocycles. The molecule has 0 spiro atoms. The summed E-state index contributed by atoms with van der Waals surface area (Å²) in [6.45, 7) is 9.07. The van der Waals surface area contributed by atoms with Crippen LogP contribution in [-0.2, 0) is 0 Å². The Bertz CT molecular complexity index is 630. The minimum atomic E-state index is 0.344. The predicted octanol–water partition coefficient (Wildman–Crippen LogP) is 3.08. The van der Waals surface area contributed by atoms with E-state index >= 15 is 0 Å². The lowest BCUT2D eigenvalue weighted by atomic mass is 9.80. The Morgan fingerprint density at radius 1 is 1.25 bits per heavy atom. The van der Waals surface area contributed by atoms with Crippen LogP contribution >= 0.6 is 0 Å². The topological polar surface area (TPSA) is 55.0 Å². The average Bonchev–Trinajstić information content (AvgIpc) is 2.87. The van der Waals surface area contributed by atoms with Crippen molar-refractivity contribution in [2.24, 2.45) is 11.3 Å². The fourth-order valence-corrected chi connectivity index (χ4v) is 2.97. The molecule has 20 heavy (non-hydrogen) atoms. The highest BCUT2D eigenvalue weighted by Gasteiger charge is 2.32. The lowest BCUT2D eigenvalue weighted by Crippen LogP contribution is -2.26. The number of nitrogens with two attached hydrogens (primary N) is 1. The van der Waals surface area contributed by atoms with Crippen LogP contribution in [0.15, 0.2) is 24.5 Å². The van der Waals surface area contributed by atoms with E-state index in [2.05, 4.69) is 35.6 Å². The van der Waals surface area contributed by atoms with E-state index in [1.807, 2.05) is 18.2 Å². The van der Waals surface area contributed by atoms with Crippen molar-refractivity contribution in [1.82, 2.24) is 9.97 Å². The summed E-state index contributed by atoms with van der Waals surface area (Å²) in [5.41, 5.74) is 7.98. The molecule has 0 amide bonds. The highest BCUT2D eigenvalue weighted by atomic mass is 15.2. The minimum absolute atomic E-state index is 0.344. The molecule has 106 valence electrons. The normalized spacial score (nSPS) is 19.8. The summed E-state index contributed by atoms with van der Waals surface area (Å²) < 4.78 is 0. The zero-order valence-electron chi connectivity index (χ0n) is 12.4. The van der Waals surface area contributed by atoms with Crippen LogP contribution in [0.25, 0.3) is 10.9 Å². The quantitative estimate of drug-likeness (QED) is 0.809. The fourth-order valence-electron chi connectivity index (χ4n) is 2.97. The molecule has 1 aliphatic heterocycles. The van der Waals surface area contributed by atoms with Crippen LogP contribution < -0.4 is 10.6 Å². The van der Waals surface area contributed by atoms with Gasteiger partial charge in [0.05, 0.1) is 5.52 Å². The monoisotopic (exact) mass is 270 g/mol. The first kappa shape index (κ1) is 13.2. The van der Waals surface area contributed by atoms with E-state index in [9.17, 15) is 0 Å². The molecule has 3 rings (SSSR count). The number of hydrogen-bond acceptors (Lipinski definition) is 4. The summed E-state index contributed by atoms with van der Waals surface area (Å²) in [5, 5.41) is 1.06. The Kier molecular flexibility index (Phi) is 3.04. The van der Waals surface area contributed by atoms with Gasteiger partial charge in [0.2, 0.25) is 0 Å². The second kappa shape index (κ2) is 4.62. The van der Waals surface area contributed by atoms with E-state index in [0.717, 1.165) is 35.5 Å². The van der Waals surface area contributed by atoms with Gasteiger partial charge in [0.25, 0.3) is 0 Å². The second-order valence-electron chi connectivity index (χ2n) is 6.77. The van der Waals surface area contributed by atoms with Gasteiger partial charge in [-0.3, -0.25) is 0 Å². The SMILES string of the molecule is CC(C)(C)C1CCN(c2ncnc3ccc(N)cc23)C1. The molecule has 1 aromatic carbocycles. The van der Waals surface area contributed by atoms with Gasteiger partial charge in [0.15, 0.2) is 0 Å². The van der Waals surface area contributed by atoms with Gasteiger partial charge in [-0.2, -0.15) is 0 Å². The maximum atomic E-state index is 5.91. The molecule has 1 unspecified atom stereocenters. The summed E-state index contributed by atoms with van der Waals surface area (Å²) in [4.78, 5) is 11.2. The summed E-state index contributed by atoms with van der Waals surface area (Å²) >= 11 is 0. The molecule has 0 bridgehead atoms. The van der Waals surface area contributed by atoms with E-state index < -0.39 is 0 Å². The molecule has 1 atom stereocenters. The molecular formula is C16H22N4. The third kappa shape index (κ3) is 2.30. The number of nitrogen functional groups attached to an aromatic ring is 1. The number of benzene rings is 1. The van der Waals surface area contributed by atoms with Crippen molar-refractivity contribution in [3.05, 3.63) is 24.5 Å². The third-order valence-corrected chi connectivity index (χ3v) is 4.35. The number of hydrogen-bond donors (Lipinski definition) is 1. The Labute approximate surface area is 120 Å². The standard InChI is InChI=1S/C16H22N4/c1-16(2,3)11-6-7-20(9-11)15-13-8-12(17)4-5-14(13)18-10-19-15/h4-5,8,10-11H,6-7,9,17H2,1-3H3. The van der Waals surface area contributed by atoms with E-state index in [-0.39, 0.29) is 0 Å². The molecule has 0 radical (unpaired) electrons. The fraction of sp³-hybridized carbons (Fsp3) is 0.500. The average molecular weight is 270 g/mol. The molecule has 4 nitrogen and oxygen atoms in total. The van der Waals surface area contributed by atoms with Crippen LogP contribution in [0.4, 0.5) is 11.5 Å². The maximum Gasteiger partial charge on any atom is 0.139 e. The Balaban J connectivity index is 1.97. The molecule has 1 aliphatic rings. The Morgan fingerprint density at radius 3 is 2.75 bits per heavy atom. The maximum absolute atomic E-state index is 5.91. The second-order valence-corrected chi connectivity index (χ2v) is 6.77. The van der Waals surface area contributed by atoms with Gasteiger partial charge in [0.1, 0.15) is 12.1 Å². The third-order valence-electron chi connectivity index (χ3n) is 4.35. The molecule has 1 fully saturated rings. The van der Waals surface area contributed by atoms with Gasteiger partial charge < -0.3 is 10.6 Å². The molecule has 1 aromatic heterocycles. The lowest BCUT2D eigenvalue weighted by molar-refractivity contribution is 0.263. The van der Waals surface area contributed by atoms with E-state index in [1.165, 1.54) is 6.42 Å². The molecular weight excluding hydrogens is 248 g/mol. The van der Waals surface area contributed by atoms with Crippen molar-refractivity contribution in [2.45, 2.75) is 27.2 Å². The van der Waals surface area contributed by atoms with Gasteiger partial charge in [-0.1, -0.05) is 20.8 Å². The van der Waals surface area contributed by atoms with Crippen LogP contribution in [0.3, 0.4) is 0 Å². The van der Waals surface area contributed by atoms with Crippen molar-refractivity contribution >= 4 is 22.4 Å². The lowest BCUT2D eigenvalue weighted by Gasteiger charge is -2.27. The minimum Gasteiger partial charge on any atom is -0.399 e. The van der Waals surface area contributed by atoms with Gasteiger partial charge in [-0.25, -0.2) is 9.97 Å². The van der Waals surface area contributed by atoms with Crippen LogP contribution in [-0.4, -0.2) is 23.1 Å². The number of rotatable bonds is 1. The van der Waals surface area contributed by atoms with Crippen LogP contribution in [0.1, 0.15) is 27.2 Å². The molecule has 2 N–H and O–H groups in total. The molecule has 0 saturated carbocycles. The summed E-state index contributed by atoms with van der Waals surface area (Å²) in [5.74, 6) is 1.72. The van der Waals surface area contributed by atoms with E-state index in [4.69, 9.17) is 5.73 Å². The predicted molar refractivity (Wildman–Crippen MR) is 83.7 cm³/mol. The molecule has 0 aliphatic carbocycles. The summed E-state index contributed by atoms with van der Waals surface area (Å²) in [7, 11) is 0. The molecule has 2 aromatic rings. The first-order valence-electron chi connectivity index (χ1n) is 7.20. The first-order chi connectivity index (χ1) is 9.45. The highest BCUT2D eigenvalue weighted by Crippen LogP contribution is 2.36. The largest absolute Gasteiger partial charge is 0.399 e. The van der Waals surface area contributed by atoms with Gasteiger partial charge in [0, 0.05) is 24.2 Å². The van der Waals surface area contributed by atoms with E-state index in [0.29, 0.717) is 11.3 Å². The smallest absolute Gasteiger partial charge is 0.139 e. The number of aromatic nitrogens is 2. The van der Waals surface area contributed by atoms with Crippen molar-refractivity contribution in [3.63, 3.8) is 0 Å². The van der Waals surface area contributed by atoms with Gasteiger partial charge >= 0.3 is 0 Å². The van der Waals surface area contributed by atoms with Crippen LogP contribution in [0.2, 0.25) is 0 Å². The highest BCUT2D eigenvalue weighted by molar-refractivity contribution is 5.91. The zero-order chi connectivity index (χ0) is 14.3. The van der Waals surface area contributed by atoms with Crippen LogP contribution in [0.5, 0.6) is 0 Å². The van der Waals surface area contributed by atoms with Crippen molar-refractivity contribution in [3.8, 4) is 0 Å². The summed E-state index contributed by atoms with van der Waals surface area (Å²) in [6.07, 6.45) is 2.87. The zero-order valence-corrected chi connectivity index (χ0v) is 12.4. The van der Waals surface area contributed by atoms with Crippen molar-refractivity contribution in [1.29, 1.82) is 0 Å². The number of anilines is 2. The van der Waals surface area contributed by atoms with Crippen molar-refractivity contribution < 1.29 is 0 Å². The number of fused-ring (bicyclic) bond motifs is 1. The van der Waals surface area contributed by atoms with Gasteiger partial charge in [-0.15, -0.1) is 0 Å². The van der Waals surface area contributed by atoms with Crippen molar-refractivity contribution in [2.75, 3.05) is 23.7 Å². The Hall–Kier alpha value is -1.84. The first-order valence-corrected chi connectivity index (χ1v) is 7.20. The summed E-state index contributed by atoms with van der Waals surface area (Å²) in [6, 6.07) is 5.84. The number of nitrogens with zero attached hydrogens (tertiary/aromatic N) is 3. The van der Waals surface area contributed by atoms with Crippen LogP contribution in [0, 0.1) is 11.3 Å². The van der Waals surface area contributed by atoms with Gasteiger partial charge in [-0.05, 0) is 36.0 Å².